The zero-order valence-corrected chi connectivity index (χ0v) is 39.4. The monoisotopic (exact) mass is 954 g/mol. The summed E-state index contributed by atoms with van der Waals surface area (Å²) in [6.07, 6.45) is 8.54. The lowest BCUT2D eigenvalue weighted by molar-refractivity contribution is -0.138. The number of imide groups is 1. The van der Waals surface area contributed by atoms with E-state index >= 15 is 4.39 Å². The zero-order chi connectivity index (χ0) is 46.9. The number of likely N-dealkylation sites (tertiary alicyclic amines) is 1. The summed E-state index contributed by atoms with van der Waals surface area (Å²) >= 11 is 12.9. The first kappa shape index (κ1) is 45.7. The highest BCUT2D eigenvalue weighted by molar-refractivity contribution is 6.31. The summed E-state index contributed by atoms with van der Waals surface area (Å²) in [5.74, 6) is -2.96. The number of nitrogens with one attached hydrogen (secondary N) is 4. The molecule has 2 spiro atoms. The summed E-state index contributed by atoms with van der Waals surface area (Å²) in [4.78, 5) is 85.5. The third-order valence-electron chi connectivity index (χ3n) is 16.3. The van der Waals surface area contributed by atoms with Gasteiger partial charge in [0.2, 0.25) is 29.5 Å². The number of nitrogens with zero attached hydrogens (tertiary/aromatic N) is 4. The normalized spacial score (nSPS) is 27.6. The second-order valence-corrected chi connectivity index (χ2v) is 20.7. The van der Waals surface area contributed by atoms with E-state index in [-0.39, 0.29) is 70.7 Å². The van der Waals surface area contributed by atoms with Crippen molar-refractivity contribution in [2.24, 2.45) is 13.0 Å². The summed E-state index contributed by atoms with van der Waals surface area (Å²) < 4.78 is 19.4. The Kier molecular flexibility index (Phi) is 12.1. The van der Waals surface area contributed by atoms with E-state index in [1.54, 1.807) is 35.9 Å². The van der Waals surface area contributed by atoms with Gasteiger partial charge in [-0.2, -0.15) is 0 Å². The molecule has 2 saturated carbocycles. The molecule has 354 valence electrons. The molecule has 67 heavy (non-hydrogen) atoms. The molecule has 6 aliphatic rings. The first-order chi connectivity index (χ1) is 32.2. The van der Waals surface area contributed by atoms with Crippen molar-refractivity contribution >= 4 is 69.5 Å². The van der Waals surface area contributed by atoms with Gasteiger partial charge in [-0.05, 0) is 105 Å². The van der Waals surface area contributed by atoms with Crippen molar-refractivity contribution in [1.29, 1.82) is 0 Å². The Bertz CT molecular complexity index is 2740. The number of hydrogen-bond acceptors (Lipinski definition) is 8. The number of amides is 5. The molecule has 3 aromatic carbocycles. The summed E-state index contributed by atoms with van der Waals surface area (Å²) in [5.41, 5.74) is 1.49. The number of halogens is 3. The van der Waals surface area contributed by atoms with E-state index in [1.807, 2.05) is 36.2 Å². The van der Waals surface area contributed by atoms with E-state index in [0.29, 0.717) is 66.9 Å². The largest absolute Gasteiger partial charge is 0.352 e. The number of aromatic nitrogens is 2. The fourth-order valence-corrected chi connectivity index (χ4v) is 13.3. The Hall–Kier alpha value is -5.09. The highest BCUT2D eigenvalue weighted by Gasteiger charge is 2.72. The van der Waals surface area contributed by atoms with Crippen LogP contribution >= 0.6 is 23.2 Å². The van der Waals surface area contributed by atoms with Gasteiger partial charge in [-0.1, -0.05) is 66.7 Å². The molecule has 0 bridgehead atoms. The Morgan fingerprint density at radius 3 is 2.36 bits per heavy atom. The third-order valence-corrected chi connectivity index (χ3v) is 16.8. The summed E-state index contributed by atoms with van der Waals surface area (Å²) in [5, 5.41) is 12.8. The number of benzene rings is 3. The van der Waals surface area contributed by atoms with Crippen LogP contribution < -0.4 is 27.0 Å². The molecule has 5 heterocycles. The second-order valence-electron chi connectivity index (χ2n) is 19.9. The van der Waals surface area contributed by atoms with E-state index in [0.717, 1.165) is 56.3 Å². The van der Waals surface area contributed by atoms with Crippen molar-refractivity contribution in [3.63, 3.8) is 0 Å². The van der Waals surface area contributed by atoms with Crippen LogP contribution in [0.1, 0.15) is 112 Å². The van der Waals surface area contributed by atoms with E-state index in [1.165, 1.54) is 10.6 Å². The molecule has 10 rings (SSSR count). The maximum Gasteiger partial charge on any atom is 0.329 e. The van der Waals surface area contributed by atoms with Crippen molar-refractivity contribution in [2.75, 3.05) is 25.5 Å². The van der Waals surface area contributed by atoms with Crippen LogP contribution in [0, 0.1) is 11.7 Å². The second kappa shape index (κ2) is 17.8. The molecule has 14 nitrogen and oxygen atoms in total. The van der Waals surface area contributed by atoms with Crippen molar-refractivity contribution in [2.45, 2.75) is 131 Å². The lowest BCUT2D eigenvalue weighted by Crippen LogP contribution is -2.60. The minimum Gasteiger partial charge on any atom is -0.352 e. The molecular formula is C50H57Cl2FN8O6. The predicted molar refractivity (Wildman–Crippen MR) is 252 cm³/mol. The SMILES string of the molecule is CN(C(=O)C1CCC(NC(=O)[C@@H]2NC3(CCCCC3)[C@@]3(C(=O)Nc4cc(Cl)ccc43)[C@H]2c2cccc(Cl)c2F)CC1)C1CCN(Cc2ccc3c(c2)n(C)c(=O)n3C2CCC(=O)NC2=O)CC1. The molecule has 2 aliphatic carbocycles. The minimum atomic E-state index is -1.31. The first-order valence-electron chi connectivity index (χ1n) is 23.9. The van der Waals surface area contributed by atoms with Gasteiger partial charge in [-0.25, -0.2) is 9.18 Å². The number of carbonyl (C=O) groups is 5. The average molecular weight is 956 g/mol. The quantitative estimate of drug-likeness (QED) is 0.152. The standard InChI is InChI=1S/C50H57Cl2FN8O6/c1-58(32-19-23-60(24-20-32)27-28-9-16-37-39(25-28)59(2)48(67)61(37)38-17-18-40(62)56-44(38)63)46(65)29-10-13-31(14-11-29)54-45(64)43-41(33-7-6-8-35(52)42(33)53)50(49(57-43)21-4-3-5-22-49)34-15-12-30(51)26-36(34)55-47(50)66/h6-9,12,15-16,25-26,29,31-32,38,41,43,57H,3-5,10-11,13-14,17-24,27H2,1-2H3,(H,54,64)(H,55,66)(H,56,62,63)/t29?,31?,38?,41-,43+,50+/m0/s1. The summed E-state index contributed by atoms with van der Waals surface area (Å²) in [7, 11) is 3.60. The number of rotatable bonds is 8. The Morgan fingerprint density at radius 1 is 0.881 bits per heavy atom. The van der Waals surface area contributed by atoms with Crippen molar-refractivity contribution < 1.29 is 28.4 Å². The van der Waals surface area contributed by atoms with E-state index < -0.39 is 40.7 Å². The van der Waals surface area contributed by atoms with Crippen LogP contribution in [-0.2, 0) is 43.0 Å². The van der Waals surface area contributed by atoms with E-state index in [2.05, 4.69) is 26.2 Å². The zero-order valence-electron chi connectivity index (χ0n) is 37.8. The van der Waals surface area contributed by atoms with Gasteiger partial charge in [-0.15, -0.1) is 0 Å². The Labute approximate surface area is 398 Å². The molecule has 5 fully saturated rings. The van der Waals surface area contributed by atoms with Gasteiger partial charge in [0.15, 0.2) is 0 Å². The fourth-order valence-electron chi connectivity index (χ4n) is 12.9. The first-order valence-corrected chi connectivity index (χ1v) is 24.6. The lowest BCUT2D eigenvalue weighted by Gasteiger charge is -2.47. The van der Waals surface area contributed by atoms with Gasteiger partial charge in [0.05, 0.1) is 22.1 Å². The highest BCUT2D eigenvalue weighted by atomic mass is 35.5. The highest BCUT2D eigenvalue weighted by Crippen LogP contribution is 2.63. The molecule has 4 atom stereocenters. The van der Waals surface area contributed by atoms with Gasteiger partial charge >= 0.3 is 5.69 Å². The van der Waals surface area contributed by atoms with Crippen molar-refractivity contribution in [3.8, 4) is 0 Å². The number of imidazole rings is 1. The molecule has 4 N–H and O–H groups in total. The molecule has 3 saturated heterocycles. The van der Waals surface area contributed by atoms with Crippen molar-refractivity contribution in [1.82, 2.24) is 34.9 Å². The number of anilines is 1. The Morgan fingerprint density at radius 2 is 1.63 bits per heavy atom. The van der Waals surface area contributed by atoms with Crippen LogP contribution in [0.25, 0.3) is 11.0 Å². The van der Waals surface area contributed by atoms with Gasteiger partial charge in [0, 0.05) is 80.3 Å². The molecular weight excluding hydrogens is 899 g/mol. The van der Waals surface area contributed by atoms with E-state index in [9.17, 15) is 28.8 Å². The van der Waals surface area contributed by atoms with Crippen LogP contribution in [0.2, 0.25) is 10.0 Å². The van der Waals surface area contributed by atoms with Crippen LogP contribution in [0.15, 0.2) is 59.4 Å². The average Bonchev–Trinajstić information content (AvgIpc) is 3.87. The molecule has 1 unspecified atom stereocenters. The maximum absolute atomic E-state index is 16.4. The summed E-state index contributed by atoms with van der Waals surface area (Å²) in [6.45, 7) is 2.28. The molecule has 1 aromatic heterocycles. The number of piperidine rings is 2. The molecule has 4 aromatic rings. The van der Waals surface area contributed by atoms with Crippen LogP contribution in [-0.4, -0.2) is 92.3 Å². The molecule has 4 aliphatic heterocycles. The van der Waals surface area contributed by atoms with Gasteiger partial charge in [0.25, 0.3) is 0 Å². The topological polar surface area (TPSA) is 167 Å². The Balaban J connectivity index is 0.780. The van der Waals surface area contributed by atoms with Crippen molar-refractivity contribution in [3.05, 3.63) is 97.6 Å². The van der Waals surface area contributed by atoms with Gasteiger partial charge in [-0.3, -0.25) is 48.6 Å². The third kappa shape index (κ3) is 7.68. The lowest BCUT2D eigenvalue weighted by atomic mass is 9.55. The summed E-state index contributed by atoms with van der Waals surface area (Å²) in [6, 6.07) is 14.2. The maximum atomic E-state index is 16.4. The molecule has 0 radical (unpaired) electrons. The van der Waals surface area contributed by atoms with Crippen LogP contribution in [0.5, 0.6) is 0 Å². The molecule has 5 amide bonds. The fraction of sp³-hybridized carbons (Fsp3) is 0.520. The number of fused-ring (bicyclic) bond motifs is 4. The molecule has 17 heteroatoms. The predicted octanol–water partition coefficient (Wildman–Crippen LogP) is 6.21. The van der Waals surface area contributed by atoms with E-state index in [4.69, 9.17) is 23.2 Å². The van der Waals surface area contributed by atoms with Gasteiger partial charge in [0.1, 0.15) is 17.3 Å². The number of carbonyl (C=O) groups excluding carboxylic acids is 5. The minimum absolute atomic E-state index is 0.0738. The smallest absolute Gasteiger partial charge is 0.329 e. The van der Waals surface area contributed by atoms with Gasteiger partial charge < -0.3 is 15.5 Å². The van der Waals surface area contributed by atoms with Crippen LogP contribution in [0.3, 0.4) is 0 Å². The number of hydrogen-bond donors (Lipinski definition) is 4. The van der Waals surface area contributed by atoms with Crippen LogP contribution in [0.4, 0.5) is 10.1 Å². The number of aryl methyl sites for hydroxylation is 1.